The van der Waals surface area contributed by atoms with E-state index in [-0.39, 0.29) is 18.1 Å². The molecule has 0 saturated carbocycles. The average molecular weight is 281 g/mol. The highest BCUT2D eigenvalue weighted by molar-refractivity contribution is 6.03. The molecular weight excluding hydrogens is 262 g/mol. The van der Waals surface area contributed by atoms with Crippen LogP contribution in [-0.2, 0) is 4.79 Å². The van der Waals surface area contributed by atoms with Crippen molar-refractivity contribution < 1.29 is 9.59 Å². The van der Waals surface area contributed by atoms with Crippen molar-refractivity contribution in [3.63, 3.8) is 0 Å². The zero-order valence-corrected chi connectivity index (χ0v) is 12.3. The number of benzene rings is 2. The zero-order valence-electron chi connectivity index (χ0n) is 12.3. The van der Waals surface area contributed by atoms with E-state index in [1.807, 2.05) is 48.5 Å². The molecule has 0 aliphatic rings. The molecule has 0 saturated heterocycles. The van der Waals surface area contributed by atoms with Gasteiger partial charge in [-0.15, -0.1) is 0 Å². The highest BCUT2D eigenvalue weighted by Crippen LogP contribution is 2.25. The van der Waals surface area contributed by atoms with E-state index in [2.05, 4.69) is 0 Å². The lowest BCUT2D eigenvalue weighted by Gasteiger charge is -2.18. The predicted molar refractivity (Wildman–Crippen MR) is 83.3 cm³/mol. The van der Waals surface area contributed by atoms with Crippen LogP contribution in [0.2, 0.25) is 0 Å². The minimum Gasteiger partial charge on any atom is -0.349 e. The van der Waals surface area contributed by atoms with Crippen molar-refractivity contribution in [2.24, 2.45) is 0 Å². The molecule has 0 unspecified atom stereocenters. The first-order chi connectivity index (χ1) is 10.1. The van der Waals surface area contributed by atoms with E-state index in [4.69, 9.17) is 0 Å². The number of carbonyl (C=O) groups is 2. The SMILES string of the molecule is CN(C)C(=O)C[C@@H](C(=O)c1ccccc1)c1ccccc1. The largest absolute Gasteiger partial charge is 0.349 e. The molecule has 0 heterocycles. The summed E-state index contributed by atoms with van der Waals surface area (Å²) in [7, 11) is 3.41. The molecule has 21 heavy (non-hydrogen) atoms. The molecule has 0 fully saturated rings. The van der Waals surface area contributed by atoms with Gasteiger partial charge >= 0.3 is 0 Å². The van der Waals surface area contributed by atoms with Crippen LogP contribution < -0.4 is 0 Å². The number of hydrogen-bond donors (Lipinski definition) is 0. The Kier molecular flexibility index (Phi) is 4.88. The third-order valence-electron chi connectivity index (χ3n) is 3.45. The van der Waals surface area contributed by atoms with Crippen LogP contribution in [0.25, 0.3) is 0 Å². The fourth-order valence-electron chi connectivity index (χ4n) is 2.21. The summed E-state index contributed by atoms with van der Waals surface area (Å²) >= 11 is 0. The highest BCUT2D eigenvalue weighted by Gasteiger charge is 2.25. The molecule has 3 heteroatoms. The van der Waals surface area contributed by atoms with Crippen LogP contribution in [-0.4, -0.2) is 30.7 Å². The van der Waals surface area contributed by atoms with Crippen LogP contribution in [0.1, 0.15) is 28.3 Å². The number of ketones is 1. The second kappa shape index (κ2) is 6.84. The van der Waals surface area contributed by atoms with Gasteiger partial charge < -0.3 is 4.90 Å². The quantitative estimate of drug-likeness (QED) is 0.790. The lowest BCUT2D eigenvalue weighted by atomic mass is 9.87. The molecule has 0 N–H and O–H groups in total. The van der Waals surface area contributed by atoms with Gasteiger partial charge in [0, 0.05) is 26.1 Å². The maximum absolute atomic E-state index is 12.7. The summed E-state index contributed by atoms with van der Waals surface area (Å²) in [5, 5.41) is 0. The maximum atomic E-state index is 12.7. The van der Waals surface area contributed by atoms with Gasteiger partial charge in [0.1, 0.15) is 0 Å². The monoisotopic (exact) mass is 281 g/mol. The Hall–Kier alpha value is -2.42. The summed E-state index contributed by atoms with van der Waals surface area (Å²) in [6, 6.07) is 18.6. The van der Waals surface area contributed by atoms with Gasteiger partial charge in [-0.25, -0.2) is 0 Å². The number of rotatable bonds is 5. The number of nitrogens with zero attached hydrogens (tertiary/aromatic N) is 1. The van der Waals surface area contributed by atoms with E-state index >= 15 is 0 Å². The Bertz CT molecular complexity index is 606. The number of hydrogen-bond acceptors (Lipinski definition) is 2. The molecule has 3 nitrogen and oxygen atoms in total. The Morgan fingerprint density at radius 1 is 0.905 bits per heavy atom. The number of amides is 1. The van der Waals surface area contributed by atoms with Crippen LogP contribution in [0, 0.1) is 0 Å². The first-order valence-electron chi connectivity index (χ1n) is 6.94. The topological polar surface area (TPSA) is 37.4 Å². The van der Waals surface area contributed by atoms with Crippen LogP contribution in [0.3, 0.4) is 0 Å². The molecule has 2 aromatic rings. The van der Waals surface area contributed by atoms with Gasteiger partial charge in [-0.1, -0.05) is 60.7 Å². The molecule has 108 valence electrons. The van der Waals surface area contributed by atoms with Crippen LogP contribution in [0.4, 0.5) is 0 Å². The van der Waals surface area contributed by atoms with Crippen LogP contribution in [0.5, 0.6) is 0 Å². The highest BCUT2D eigenvalue weighted by atomic mass is 16.2. The lowest BCUT2D eigenvalue weighted by Crippen LogP contribution is -2.26. The summed E-state index contributed by atoms with van der Waals surface area (Å²) in [6.45, 7) is 0. The van der Waals surface area contributed by atoms with Gasteiger partial charge in [0.15, 0.2) is 5.78 Å². The molecular formula is C18H19NO2. The normalized spacial score (nSPS) is 11.7. The van der Waals surface area contributed by atoms with Crippen LogP contribution >= 0.6 is 0 Å². The first kappa shape index (κ1) is 15.0. The Morgan fingerprint density at radius 2 is 1.43 bits per heavy atom. The van der Waals surface area contributed by atoms with Gasteiger partial charge in [-0.2, -0.15) is 0 Å². The van der Waals surface area contributed by atoms with Crippen molar-refractivity contribution in [1.29, 1.82) is 0 Å². The number of carbonyl (C=O) groups excluding carboxylic acids is 2. The van der Waals surface area contributed by atoms with Gasteiger partial charge in [-0.05, 0) is 5.56 Å². The molecule has 0 radical (unpaired) electrons. The summed E-state index contributed by atoms with van der Waals surface area (Å²) in [5.74, 6) is -0.506. The molecule has 1 amide bonds. The molecule has 0 bridgehead atoms. The first-order valence-corrected chi connectivity index (χ1v) is 6.94. The van der Waals surface area contributed by atoms with Crippen molar-refractivity contribution in [3.8, 4) is 0 Å². The van der Waals surface area contributed by atoms with Crippen molar-refractivity contribution in [3.05, 3.63) is 71.8 Å². The minimum atomic E-state index is -0.441. The van der Waals surface area contributed by atoms with E-state index in [0.29, 0.717) is 5.56 Å². The number of Topliss-reactive ketones (excluding diaryl/α,β-unsaturated/α-hetero) is 1. The van der Waals surface area contributed by atoms with Gasteiger partial charge in [0.25, 0.3) is 0 Å². The van der Waals surface area contributed by atoms with Gasteiger partial charge in [-0.3, -0.25) is 9.59 Å². The summed E-state index contributed by atoms with van der Waals surface area (Å²) in [4.78, 5) is 26.3. The summed E-state index contributed by atoms with van der Waals surface area (Å²) in [5.41, 5.74) is 1.51. The maximum Gasteiger partial charge on any atom is 0.223 e. The van der Waals surface area contributed by atoms with E-state index in [9.17, 15) is 9.59 Å². The third-order valence-corrected chi connectivity index (χ3v) is 3.45. The predicted octanol–water partition coefficient (Wildman–Crippen LogP) is 3.13. The molecule has 0 aromatic heterocycles. The smallest absolute Gasteiger partial charge is 0.223 e. The zero-order chi connectivity index (χ0) is 15.2. The second-order valence-corrected chi connectivity index (χ2v) is 5.19. The molecule has 2 rings (SSSR count). The van der Waals surface area contributed by atoms with Crippen molar-refractivity contribution >= 4 is 11.7 Å². The van der Waals surface area contributed by atoms with E-state index in [1.54, 1.807) is 26.2 Å². The molecule has 0 spiro atoms. The fourth-order valence-corrected chi connectivity index (χ4v) is 2.21. The molecule has 2 aromatic carbocycles. The van der Waals surface area contributed by atoms with Gasteiger partial charge in [0.05, 0.1) is 5.92 Å². The van der Waals surface area contributed by atoms with E-state index < -0.39 is 5.92 Å². The molecule has 0 aliphatic carbocycles. The molecule has 0 aliphatic heterocycles. The van der Waals surface area contributed by atoms with Crippen LogP contribution in [0.15, 0.2) is 60.7 Å². The van der Waals surface area contributed by atoms with Crippen molar-refractivity contribution in [2.75, 3.05) is 14.1 Å². The summed E-state index contributed by atoms with van der Waals surface area (Å²) < 4.78 is 0. The van der Waals surface area contributed by atoms with Crippen molar-refractivity contribution in [1.82, 2.24) is 4.90 Å². The average Bonchev–Trinajstić information content (AvgIpc) is 2.53. The standard InChI is InChI=1S/C18H19NO2/c1-19(2)17(20)13-16(14-9-5-3-6-10-14)18(21)15-11-7-4-8-12-15/h3-12,16H,13H2,1-2H3/t16-/m1/s1. The van der Waals surface area contributed by atoms with E-state index in [1.165, 1.54) is 4.90 Å². The van der Waals surface area contributed by atoms with E-state index in [0.717, 1.165) is 5.56 Å². The third kappa shape index (κ3) is 3.78. The lowest BCUT2D eigenvalue weighted by molar-refractivity contribution is -0.128. The Morgan fingerprint density at radius 3 is 1.95 bits per heavy atom. The van der Waals surface area contributed by atoms with Gasteiger partial charge in [0.2, 0.25) is 5.91 Å². The Balaban J connectivity index is 2.32. The Labute approximate surface area is 125 Å². The molecule has 1 atom stereocenters. The fraction of sp³-hybridized carbons (Fsp3) is 0.222. The van der Waals surface area contributed by atoms with Crippen molar-refractivity contribution in [2.45, 2.75) is 12.3 Å². The second-order valence-electron chi connectivity index (χ2n) is 5.19. The minimum absolute atomic E-state index is 0.0167. The summed E-state index contributed by atoms with van der Waals surface area (Å²) in [6.07, 6.45) is 0.185.